The number of aromatic nitrogens is 2. The predicted octanol–water partition coefficient (Wildman–Crippen LogP) is 2.18. The Hall–Kier alpha value is -2.08. The van der Waals surface area contributed by atoms with Gasteiger partial charge in [-0.1, -0.05) is 11.6 Å². The van der Waals surface area contributed by atoms with Gasteiger partial charge in [-0.2, -0.15) is 0 Å². The van der Waals surface area contributed by atoms with Crippen LogP contribution >= 0.6 is 11.6 Å². The molecule has 2 fully saturated rings. The SMILES string of the molecule is Cn1c(NC(=O)[C@@H]2CC(=O)N(C3CC3)C2)nc2cc(Cl)ccc21. The van der Waals surface area contributed by atoms with Gasteiger partial charge in [0, 0.05) is 31.1 Å². The first-order valence-electron chi connectivity index (χ1n) is 7.75. The number of likely N-dealkylation sites (tertiary alicyclic amines) is 1. The molecule has 1 atom stereocenters. The Morgan fingerprint density at radius 3 is 2.91 bits per heavy atom. The number of nitrogens with zero attached hydrogens (tertiary/aromatic N) is 3. The molecule has 1 saturated heterocycles. The summed E-state index contributed by atoms with van der Waals surface area (Å²) in [4.78, 5) is 30.7. The highest BCUT2D eigenvalue weighted by Crippen LogP contribution is 2.33. The molecule has 2 aromatic rings. The zero-order valence-electron chi connectivity index (χ0n) is 12.8. The van der Waals surface area contributed by atoms with Crippen LogP contribution in [0.15, 0.2) is 18.2 Å². The Bertz CT molecular complexity index is 812. The van der Waals surface area contributed by atoms with Gasteiger partial charge in [-0.05, 0) is 31.0 Å². The number of fused-ring (bicyclic) bond motifs is 1. The number of amides is 2. The fourth-order valence-corrected chi connectivity index (χ4v) is 3.31. The maximum atomic E-state index is 12.5. The number of anilines is 1. The largest absolute Gasteiger partial charge is 0.339 e. The average Bonchev–Trinajstić information content (AvgIpc) is 3.21. The monoisotopic (exact) mass is 332 g/mol. The van der Waals surface area contributed by atoms with Crippen molar-refractivity contribution >= 4 is 40.4 Å². The van der Waals surface area contributed by atoms with E-state index in [1.807, 2.05) is 22.6 Å². The molecule has 0 bridgehead atoms. The highest BCUT2D eigenvalue weighted by atomic mass is 35.5. The zero-order chi connectivity index (χ0) is 16.1. The van der Waals surface area contributed by atoms with Crippen LogP contribution in [0.3, 0.4) is 0 Å². The third-order valence-electron chi connectivity index (χ3n) is 4.59. The zero-order valence-corrected chi connectivity index (χ0v) is 13.5. The van der Waals surface area contributed by atoms with Gasteiger partial charge in [0.15, 0.2) is 0 Å². The van der Waals surface area contributed by atoms with Crippen molar-refractivity contribution in [1.82, 2.24) is 14.5 Å². The van der Waals surface area contributed by atoms with Crippen molar-refractivity contribution in [3.8, 4) is 0 Å². The van der Waals surface area contributed by atoms with Gasteiger partial charge in [-0.25, -0.2) is 4.98 Å². The fraction of sp³-hybridized carbons (Fsp3) is 0.438. The summed E-state index contributed by atoms with van der Waals surface area (Å²) in [6, 6.07) is 5.79. The molecule has 1 aromatic carbocycles. The lowest BCUT2D eigenvalue weighted by molar-refractivity contribution is -0.128. The molecule has 0 spiro atoms. The molecule has 2 aliphatic rings. The normalized spacial score (nSPS) is 21.2. The maximum absolute atomic E-state index is 12.5. The second-order valence-electron chi connectivity index (χ2n) is 6.30. The van der Waals surface area contributed by atoms with E-state index in [2.05, 4.69) is 10.3 Å². The Balaban J connectivity index is 1.52. The van der Waals surface area contributed by atoms with Gasteiger partial charge in [0.2, 0.25) is 17.8 Å². The smallest absolute Gasteiger partial charge is 0.232 e. The summed E-state index contributed by atoms with van der Waals surface area (Å²) < 4.78 is 1.82. The fourth-order valence-electron chi connectivity index (χ4n) is 3.14. The van der Waals surface area contributed by atoms with Gasteiger partial charge in [-0.3, -0.25) is 14.9 Å². The molecule has 1 saturated carbocycles. The molecule has 0 unspecified atom stereocenters. The van der Waals surface area contributed by atoms with Gasteiger partial charge in [0.1, 0.15) is 0 Å². The molecule has 1 aliphatic heterocycles. The summed E-state index contributed by atoms with van der Waals surface area (Å²) in [5, 5.41) is 3.46. The number of aryl methyl sites for hydroxylation is 1. The summed E-state index contributed by atoms with van der Waals surface area (Å²) in [7, 11) is 1.84. The van der Waals surface area contributed by atoms with Crippen molar-refractivity contribution in [3.05, 3.63) is 23.2 Å². The number of benzene rings is 1. The van der Waals surface area contributed by atoms with Crippen LogP contribution < -0.4 is 5.32 Å². The highest BCUT2D eigenvalue weighted by Gasteiger charge is 2.41. The number of carbonyl (C=O) groups is 2. The van der Waals surface area contributed by atoms with E-state index in [0.717, 1.165) is 23.9 Å². The van der Waals surface area contributed by atoms with E-state index in [4.69, 9.17) is 11.6 Å². The van der Waals surface area contributed by atoms with Crippen LogP contribution in [0.2, 0.25) is 5.02 Å². The first-order valence-corrected chi connectivity index (χ1v) is 8.13. The molecule has 120 valence electrons. The van der Waals surface area contributed by atoms with E-state index in [9.17, 15) is 9.59 Å². The summed E-state index contributed by atoms with van der Waals surface area (Å²) in [5.74, 6) is 0.117. The van der Waals surface area contributed by atoms with Gasteiger partial charge >= 0.3 is 0 Å². The van der Waals surface area contributed by atoms with Crippen molar-refractivity contribution in [3.63, 3.8) is 0 Å². The molecule has 1 aliphatic carbocycles. The van der Waals surface area contributed by atoms with E-state index in [-0.39, 0.29) is 24.2 Å². The second-order valence-corrected chi connectivity index (χ2v) is 6.73. The van der Waals surface area contributed by atoms with Gasteiger partial charge in [0.05, 0.1) is 17.0 Å². The van der Waals surface area contributed by atoms with Crippen LogP contribution in [0.5, 0.6) is 0 Å². The molecular weight excluding hydrogens is 316 g/mol. The first-order chi connectivity index (χ1) is 11.0. The number of rotatable bonds is 3. The lowest BCUT2D eigenvalue weighted by atomic mass is 10.1. The van der Waals surface area contributed by atoms with E-state index in [1.165, 1.54) is 0 Å². The Kier molecular flexibility index (Phi) is 3.30. The molecule has 2 amide bonds. The van der Waals surface area contributed by atoms with E-state index < -0.39 is 0 Å². The summed E-state index contributed by atoms with van der Waals surface area (Å²) in [5.41, 5.74) is 1.63. The minimum absolute atomic E-state index is 0.0874. The first kappa shape index (κ1) is 14.5. The Morgan fingerprint density at radius 2 is 2.17 bits per heavy atom. The maximum Gasteiger partial charge on any atom is 0.232 e. The molecule has 23 heavy (non-hydrogen) atoms. The lowest BCUT2D eigenvalue weighted by Crippen LogP contribution is -2.30. The average molecular weight is 333 g/mol. The molecule has 4 rings (SSSR count). The number of carbonyl (C=O) groups excluding carboxylic acids is 2. The number of hydrogen-bond donors (Lipinski definition) is 1. The molecule has 7 heteroatoms. The molecule has 1 N–H and O–H groups in total. The van der Waals surface area contributed by atoms with Crippen LogP contribution in [-0.2, 0) is 16.6 Å². The molecule has 6 nitrogen and oxygen atoms in total. The minimum Gasteiger partial charge on any atom is -0.339 e. The molecular formula is C16H17ClN4O2. The van der Waals surface area contributed by atoms with E-state index in [0.29, 0.717) is 23.6 Å². The highest BCUT2D eigenvalue weighted by molar-refractivity contribution is 6.31. The van der Waals surface area contributed by atoms with E-state index in [1.54, 1.807) is 12.1 Å². The van der Waals surface area contributed by atoms with Crippen molar-refractivity contribution in [2.24, 2.45) is 13.0 Å². The molecule has 2 heterocycles. The number of imidazole rings is 1. The second kappa shape index (κ2) is 5.23. The lowest BCUT2D eigenvalue weighted by Gasteiger charge is -2.15. The predicted molar refractivity (Wildman–Crippen MR) is 87.2 cm³/mol. The van der Waals surface area contributed by atoms with Gasteiger partial charge < -0.3 is 9.47 Å². The summed E-state index contributed by atoms with van der Waals surface area (Å²) in [6.07, 6.45) is 2.41. The van der Waals surface area contributed by atoms with Gasteiger partial charge in [0.25, 0.3) is 0 Å². The third kappa shape index (κ3) is 2.57. The number of hydrogen-bond acceptors (Lipinski definition) is 3. The molecule has 0 radical (unpaired) electrons. The van der Waals surface area contributed by atoms with Crippen LogP contribution in [0, 0.1) is 5.92 Å². The minimum atomic E-state index is -0.300. The van der Waals surface area contributed by atoms with Crippen molar-refractivity contribution in [1.29, 1.82) is 0 Å². The Morgan fingerprint density at radius 1 is 1.39 bits per heavy atom. The quantitative estimate of drug-likeness (QED) is 0.936. The number of nitrogens with one attached hydrogen (secondary N) is 1. The van der Waals surface area contributed by atoms with Crippen molar-refractivity contribution in [2.75, 3.05) is 11.9 Å². The van der Waals surface area contributed by atoms with Crippen molar-refractivity contribution < 1.29 is 9.59 Å². The summed E-state index contributed by atoms with van der Waals surface area (Å²) in [6.45, 7) is 0.519. The van der Waals surface area contributed by atoms with Crippen LogP contribution in [-0.4, -0.2) is 38.9 Å². The van der Waals surface area contributed by atoms with Crippen LogP contribution in [0.1, 0.15) is 19.3 Å². The van der Waals surface area contributed by atoms with Crippen LogP contribution in [0.4, 0.5) is 5.95 Å². The van der Waals surface area contributed by atoms with Gasteiger partial charge in [-0.15, -0.1) is 0 Å². The molecule has 1 aromatic heterocycles. The van der Waals surface area contributed by atoms with Crippen molar-refractivity contribution in [2.45, 2.75) is 25.3 Å². The summed E-state index contributed by atoms with van der Waals surface area (Å²) >= 11 is 5.98. The van der Waals surface area contributed by atoms with Crippen LogP contribution in [0.25, 0.3) is 11.0 Å². The van der Waals surface area contributed by atoms with E-state index >= 15 is 0 Å². The standard InChI is InChI=1S/C16H17ClN4O2/c1-20-13-5-2-10(17)7-12(13)18-16(20)19-15(23)9-6-14(22)21(8-9)11-3-4-11/h2,5,7,9,11H,3-4,6,8H2,1H3,(H,18,19,23)/t9-/m1/s1. The Labute approximate surface area is 138 Å². The topological polar surface area (TPSA) is 67.2 Å². The number of halogens is 1. The third-order valence-corrected chi connectivity index (χ3v) is 4.83.